The molecule has 0 aliphatic rings. The first-order valence-corrected chi connectivity index (χ1v) is 10.1. The third-order valence-electron chi connectivity index (χ3n) is 3.35. The van der Waals surface area contributed by atoms with Crippen LogP contribution in [-0.4, -0.2) is 26.6 Å². The zero-order chi connectivity index (χ0) is 17.7. The number of halogens is 1. The molecule has 8 heteroatoms. The van der Waals surface area contributed by atoms with E-state index in [2.05, 4.69) is 4.98 Å². The van der Waals surface area contributed by atoms with E-state index in [0.29, 0.717) is 15.9 Å². The number of sulfonamides is 1. The second-order valence-electron chi connectivity index (χ2n) is 4.98. The molecule has 1 aromatic heterocycles. The summed E-state index contributed by atoms with van der Waals surface area (Å²) in [6.07, 6.45) is 1.57. The van der Waals surface area contributed by atoms with Gasteiger partial charge in [-0.2, -0.15) is 0 Å². The Balaban J connectivity index is 1.81. The number of thiazole rings is 1. The SMILES string of the molecule is O=S(=O)(c1ccccc1)N(CCOc1ccccc1Cl)c1nccs1. The van der Waals surface area contributed by atoms with Gasteiger partial charge >= 0.3 is 0 Å². The van der Waals surface area contributed by atoms with E-state index in [1.807, 2.05) is 0 Å². The average molecular weight is 395 g/mol. The highest BCUT2D eigenvalue weighted by molar-refractivity contribution is 7.93. The highest BCUT2D eigenvalue weighted by atomic mass is 35.5. The van der Waals surface area contributed by atoms with E-state index in [0.717, 1.165) is 0 Å². The minimum Gasteiger partial charge on any atom is -0.490 e. The third-order valence-corrected chi connectivity index (χ3v) is 6.38. The lowest BCUT2D eigenvalue weighted by Crippen LogP contribution is -2.34. The Labute approximate surface area is 155 Å². The summed E-state index contributed by atoms with van der Waals surface area (Å²) in [4.78, 5) is 4.35. The Bertz CT molecular complexity index is 916. The fraction of sp³-hybridized carbons (Fsp3) is 0.118. The van der Waals surface area contributed by atoms with Crippen molar-refractivity contribution in [2.75, 3.05) is 17.5 Å². The predicted octanol–water partition coefficient (Wildman–Crippen LogP) is 4.07. The maximum Gasteiger partial charge on any atom is 0.266 e. The molecule has 130 valence electrons. The number of benzene rings is 2. The predicted molar refractivity (Wildman–Crippen MR) is 100 cm³/mol. The van der Waals surface area contributed by atoms with Gasteiger partial charge in [0.25, 0.3) is 10.0 Å². The van der Waals surface area contributed by atoms with Crippen molar-refractivity contribution in [2.24, 2.45) is 0 Å². The molecule has 0 fully saturated rings. The number of aromatic nitrogens is 1. The number of rotatable bonds is 7. The van der Waals surface area contributed by atoms with Crippen LogP contribution in [0.4, 0.5) is 5.13 Å². The molecular weight excluding hydrogens is 380 g/mol. The fourth-order valence-electron chi connectivity index (χ4n) is 2.18. The molecule has 3 rings (SSSR count). The number of hydrogen-bond acceptors (Lipinski definition) is 5. The van der Waals surface area contributed by atoms with Crippen LogP contribution in [0.1, 0.15) is 0 Å². The number of nitrogens with zero attached hydrogens (tertiary/aromatic N) is 2. The van der Waals surface area contributed by atoms with Crippen molar-refractivity contribution in [3.63, 3.8) is 0 Å². The first kappa shape index (κ1) is 17.7. The lowest BCUT2D eigenvalue weighted by atomic mass is 10.3. The van der Waals surface area contributed by atoms with Gasteiger partial charge in [0.15, 0.2) is 5.13 Å². The largest absolute Gasteiger partial charge is 0.490 e. The van der Waals surface area contributed by atoms with Gasteiger partial charge in [0, 0.05) is 11.6 Å². The lowest BCUT2D eigenvalue weighted by molar-refractivity contribution is 0.328. The summed E-state index contributed by atoms with van der Waals surface area (Å²) in [5, 5.41) is 2.61. The Morgan fingerprint density at radius 3 is 2.48 bits per heavy atom. The molecule has 1 heterocycles. The summed E-state index contributed by atoms with van der Waals surface area (Å²) in [5.74, 6) is 0.514. The van der Waals surface area contributed by atoms with Crippen LogP contribution >= 0.6 is 22.9 Å². The zero-order valence-electron chi connectivity index (χ0n) is 13.1. The first-order valence-electron chi connectivity index (χ1n) is 7.43. The van der Waals surface area contributed by atoms with Crippen LogP contribution in [-0.2, 0) is 10.0 Å². The standard InChI is InChI=1S/C17H15ClN2O3S2/c18-15-8-4-5-9-16(15)23-12-11-20(17-19-10-13-24-17)25(21,22)14-6-2-1-3-7-14/h1-10,13H,11-12H2. The number of anilines is 1. The molecule has 0 saturated heterocycles. The van der Waals surface area contributed by atoms with E-state index in [-0.39, 0.29) is 18.0 Å². The molecule has 5 nitrogen and oxygen atoms in total. The van der Waals surface area contributed by atoms with Gasteiger partial charge in [-0.05, 0) is 24.3 Å². The maximum atomic E-state index is 13.0. The van der Waals surface area contributed by atoms with Crippen LogP contribution < -0.4 is 9.04 Å². The quantitative estimate of drug-likeness (QED) is 0.606. The van der Waals surface area contributed by atoms with E-state index >= 15 is 0 Å². The highest BCUT2D eigenvalue weighted by Crippen LogP contribution is 2.26. The Morgan fingerprint density at radius 2 is 1.80 bits per heavy atom. The van der Waals surface area contributed by atoms with Crippen molar-refractivity contribution < 1.29 is 13.2 Å². The molecule has 25 heavy (non-hydrogen) atoms. The molecular formula is C17H15ClN2O3S2. The monoisotopic (exact) mass is 394 g/mol. The molecule has 0 aliphatic heterocycles. The van der Waals surface area contributed by atoms with Crippen molar-refractivity contribution in [2.45, 2.75) is 4.90 Å². The van der Waals surface area contributed by atoms with E-state index < -0.39 is 10.0 Å². The van der Waals surface area contributed by atoms with Gasteiger partial charge in [-0.15, -0.1) is 11.3 Å². The van der Waals surface area contributed by atoms with Crippen LogP contribution in [0.15, 0.2) is 71.1 Å². The van der Waals surface area contributed by atoms with Crippen LogP contribution in [0.25, 0.3) is 0 Å². The number of para-hydroxylation sites is 1. The second-order valence-corrected chi connectivity index (χ2v) is 8.13. The van der Waals surface area contributed by atoms with Gasteiger partial charge in [0.05, 0.1) is 16.5 Å². The van der Waals surface area contributed by atoms with Crippen LogP contribution in [0.5, 0.6) is 5.75 Å². The molecule has 0 unspecified atom stereocenters. The van der Waals surface area contributed by atoms with Gasteiger partial charge in [0.1, 0.15) is 12.4 Å². The zero-order valence-corrected chi connectivity index (χ0v) is 15.5. The number of hydrogen-bond donors (Lipinski definition) is 0. The van der Waals surface area contributed by atoms with Gasteiger partial charge < -0.3 is 4.74 Å². The van der Waals surface area contributed by atoms with Gasteiger partial charge in [0.2, 0.25) is 0 Å². The molecule has 0 radical (unpaired) electrons. The smallest absolute Gasteiger partial charge is 0.266 e. The number of ether oxygens (including phenoxy) is 1. The molecule has 2 aromatic carbocycles. The summed E-state index contributed by atoms with van der Waals surface area (Å²) in [5.41, 5.74) is 0. The van der Waals surface area contributed by atoms with E-state index in [4.69, 9.17) is 16.3 Å². The molecule has 3 aromatic rings. The minimum absolute atomic E-state index is 0.121. The molecule has 0 atom stereocenters. The van der Waals surface area contributed by atoms with Crippen molar-refractivity contribution in [1.82, 2.24) is 4.98 Å². The van der Waals surface area contributed by atoms with E-state index in [1.54, 1.807) is 66.2 Å². The second kappa shape index (κ2) is 7.86. The molecule has 0 spiro atoms. The van der Waals surface area contributed by atoms with Gasteiger partial charge in [-0.1, -0.05) is 41.9 Å². The molecule has 0 N–H and O–H groups in total. The summed E-state index contributed by atoms with van der Waals surface area (Å²) in [6, 6.07) is 15.3. The molecule has 0 saturated carbocycles. The van der Waals surface area contributed by atoms with Crippen LogP contribution in [0, 0.1) is 0 Å². The summed E-state index contributed by atoms with van der Waals surface area (Å²) in [7, 11) is -3.72. The summed E-state index contributed by atoms with van der Waals surface area (Å²) in [6.45, 7) is 0.269. The van der Waals surface area contributed by atoms with Crippen molar-refractivity contribution >= 4 is 38.1 Å². The maximum absolute atomic E-state index is 13.0. The van der Waals surface area contributed by atoms with E-state index in [9.17, 15) is 8.42 Å². The minimum atomic E-state index is -3.72. The normalized spacial score (nSPS) is 11.2. The summed E-state index contributed by atoms with van der Waals surface area (Å²) < 4.78 is 32.8. The van der Waals surface area contributed by atoms with Crippen LogP contribution in [0.2, 0.25) is 5.02 Å². The van der Waals surface area contributed by atoms with Crippen molar-refractivity contribution in [3.8, 4) is 5.75 Å². The molecule has 0 aliphatic carbocycles. The Hall–Kier alpha value is -2.09. The van der Waals surface area contributed by atoms with E-state index in [1.165, 1.54) is 15.6 Å². The van der Waals surface area contributed by atoms with Crippen molar-refractivity contribution in [3.05, 3.63) is 71.2 Å². The average Bonchev–Trinajstić information content (AvgIpc) is 3.15. The third kappa shape index (κ3) is 4.12. The van der Waals surface area contributed by atoms with Crippen LogP contribution in [0.3, 0.4) is 0 Å². The van der Waals surface area contributed by atoms with Gasteiger partial charge in [-0.3, -0.25) is 0 Å². The Kier molecular flexibility index (Phi) is 5.57. The summed E-state index contributed by atoms with van der Waals surface area (Å²) >= 11 is 7.31. The highest BCUT2D eigenvalue weighted by Gasteiger charge is 2.26. The fourth-order valence-corrected chi connectivity index (χ4v) is 4.69. The molecule has 0 bridgehead atoms. The first-order chi connectivity index (χ1) is 12.1. The Morgan fingerprint density at radius 1 is 1.08 bits per heavy atom. The lowest BCUT2D eigenvalue weighted by Gasteiger charge is -2.22. The van der Waals surface area contributed by atoms with Crippen molar-refractivity contribution in [1.29, 1.82) is 0 Å². The topological polar surface area (TPSA) is 59.5 Å². The molecule has 0 amide bonds. The van der Waals surface area contributed by atoms with Gasteiger partial charge in [-0.25, -0.2) is 17.7 Å².